The molecule has 106 valence electrons. The molecule has 0 unspecified atom stereocenters. The van der Waals surface area contributed by atoms with Crippen LogP contribution in [0, 0.1) is 6.92 Å². The molecule has 0 aromatic carbocycles. The van der Waals surface area contributed by atoms with E-state index in [0.29, 0.717) is 12.0 Å². The van der Waals surface area contributed by atoms with Gasteiger partial charge in [0.25, 0.3) is 5.56 Å². The summed E-state index contributed by atoms with van der Waals surface area (Å²) in [6, 6.07) is 0. The van der Waals surface area contributed by atoms with E-state index in [1.54, 1.807) is 6.92 Å². The molecule has 1 saturated heterocycles. The third kappa shape index (κ3) is 2.49. The number of aliphatic hydroxyl groups excluding tert-OH is 1. The number of aliphatic hydroxyl groups is 1. The summed E-state index contributed by atoms with van der Waals surface area (Å²) in [6.07, 6.45) is 0.0463. The Kier molecular flexibility index (Phi) is 3.88. The summed E-state index contributed by atoms with van der Waals surface area (Å²) in [6.45, 7) is 1.90. The highest BCUT2D eigenvalue weighted by Gasteiger charge is 2.35. The van der Waals surface area contributed by atoms with E-state index in [2.05, 4.69) is 0 Å². The van der Waals surface area contributed by atoms with Crippen molar-refractivity contribution >= 4 is 0 Å². The zero-order valence-corrected chi connectivity index (χ0v) is 11.2. The standard InChI is InChI=1S/C12H18N2O5/c1-7-5-14(12(17)13(2)11(7)16)10-4-8(15)9(19-10)6-18-3/h5,8-10,15H,4,6H2,1-3H3/t8-,9+,10+/m0/s1. The number of hydrogen-bond acceptors (Lipinski definition) is 5. The number of rotatable bonds is 3. The van der Waals surface area contributed by atoms with Crippen LogP contribution in [0.2, 0.25) is 0 Å². The molecule has 1 fully saturated rings. The first kappa shape index (κ1) is 14.0. The molecule has 0 saturated carbocycles. The highest BCUT2D eigenvalue weighted by atomic mass is 16.6. The van der Waals surface area contributed by atoms with E-state index in [1.807, 2.05) is 0 Å². The van der Waals surface area contributed by atoms with Crippen molar-refractivity contribution < 1.29 is 14.6 Å². The maximum Gasteiger partial charge on any atom is 0.332 e. The van der Waals surface area contributed by atoms with Gasteiger partial charge in [-0.3, -0.25) is 13.9 Å². The van der Waals surface area contributed by atoms with Crippen molar-refractivity contribution in [2.75, 3.05) is 13.7 Å². The maximum atomic E-state index is 12.0. The Hall–Kier alpha value is -1.44. The van der Waals surface area contributed by atoms with Gasteiger partial charge < -0.3 is 14.6 Å². The molecular formula is C12H18N2O5. The molecule has 3 atom stereocenters. The van der Waals surface area contributed by atoms with Crippen LogP contribution in [0.15, 0.2) is 15.8 Å². The van der Waals surface area contributed by atoms with E-state index >= 15 is 0 Å². The number of methoxy groups -OCH3 is 1. The third-order valence-electron chi connectivity index (χ3n) is 3.33. The molecule has 2 rings (SSSR count). The zero-order chi connectivity index (χ0) is 14.2. The first-order chi connectivity index (χ1) is 8.95. The highest BCUT2D eigenvalue weighted by molar-refractivity contribution is 5.03. The minimum absolute atomic E-state index is 0.261. The normalized spacial score (nSPS) is 26.8. The van der Waals surface area contributed by atoms with Crippen molar-refractivity contribution in [2.24, 2.45) is 7.05 Å². The summed E-state index contributed by atoms with van der Waals surface area (Å²) in [5, 5.41) is 9.85. The molecule has 0 spiro atoms. The topological polar surface area (TPSA) is 82.7 Å². The van der Waals surface area contributed by atoms with Crippen molar-refractivity contribution in [3.63, 3.8) is 0 Å². The van der Waals surface area contributed by atoms with Crippen LogP contribution in [0.25, 0.3) is 0 Å². The minimum atomic E-state index is -0.686. The van der Waals surface area contributed by atoms with E-state index < -0.39 is 24.1 Å². The van der Waals surface area contributed by atoms with Gasteiger partial charge in [-0.25, -0.2) is 4.79 Å². The lowest BCUT2D eigenvalue weighted by molar-refractivity contribution is -0.0550. The highest BCUT2D eigenvalue weighted by Crippen LogP contribution is 2.27. The Morgan fingerprint density at radius 2 is 2.21 bits per heavy atom. The van der Waals surface area contributed by atoms with Crippen molar-refractivity contribution in [3.8, 4) is 0 Å². The fourth-order valence-electron chi connectivity index (χ4n) is 2.25. The molecule has 1 aliphatic heterocycles. The monoisotopic (exact) mass is 270 g/mol. The lowest BCUT2D eigenvalue weighted by atomic mass is 10.2. The second-order valence-electron chi connectivity index (χ2n) is 4.75. The molecule has 0 aliphatic carbocycles. The first-order valence-electron chi connectivity index (χ1n) is 6.07. The minimum Gasteiger partial charge on any atom is -0.390 e. The Bertz CT molecular complexity index is 576. The zero-order valence-electron chi connectivity index (χ0n) is 11.2. The summed E-state index contributed by atoms with van der Waals surface area (Å²) in [5.74, 6) is 0. The van der Waals surface area contributed by atoms with Crippen LogP contribution in [-0.4, -0.2) is 40.2 Å². The maximum absolute atomic E-state index is 12.0. The molecular weight excluding hydrogens is 252 g/mol. The fraction of sp³-hybridized carbons (Fsp3) is 0.667. The quantitative estimate of drug-likeness (QED) is 0.773. The van der Waals surface area contributed by atoms with E-state index in [4.69, 9.17) is 9.47 Å². The molecule has 1 aromatic rings. The summed E-state index contributed by atoms with van der Waals surface area (Å²) >= 11 is 0. The van der Waals surface area contributed by atoms with Gasteiger partial charge in [0.1, 0.15) is 12.3 Å². The van der Waals surface area contributed by atoms with Gasteiger partial charge in [0.2, 0.25) is 0 Å². The Morgan fingerprint density at radius 1 is 1.53 bits per heavy atom. The fourth-order valence-corrected chi connectivity index (χ4v) is 2.25. The van der Waals surface area contributed by atoms with Crippen molar-refractivity contribution in [2.45, 2.75) is 31.8 Å². The van der Waals surface area contributed by atoms with Crippen molar-refractivity contribution in [3.05, 3.63) is 32.6 Å². The number of aromatic nitrogens is 2. The SMILES string of the molecule is COC[C@H]1O[C@@H](n2cc(C)c(=O)n(C)c2=O)C[C@@H]1O. The summed E-state index contributed by atoms with van der Waals surface area (Å²) in [5.41, 5.74) is -0.325. The van der Waals surface area contributed by atoms with Crippen LogP contribution < -0.4 is 11.2 Å². The third-order valence-corrected chi connectivity index (χ3v) is 3.33. The van der Waals surface area contributed by atoms with Crippen LogP contribution >= 0.6 is 0 Å². The molecule has 1 aromatic heterocycles. The number of ether oxygens (including phenoxy) is 2. The van der Waals surface area contributed by atoms with Gasteiger partial charge in [-0.15, -0.1) is 0 Å². The van der Waals surface area contributed by atoms with Gasteiger partial charge in [0, 0.05) is 32.3 Å². The molecule has 7 heteroatoms. The second kappa shape index (κ2) is 5.28. The molecule has 1 aliphatic rings. The molecule has 2 heterocycles. The van der Waals surface area contributed by atoms with E-state index in [-0.39, 0.29) is 12.2 Å². The van der Waals surface area contributed by atoms with Crippen LogP contribution in [0.3, 0.4) is 0 Å². The summed E-state index contributed by atoms with van der Waals surface area (Å²) in [4.78, 5) is 23.7. The lowest BCUT2D eigenvalue weighted by Crippen LogP contribution is -2.40. The first-order valence-corrected chi connectivity index (χ1v) is 6.07. The van der Waals surface area contributed by atoms with Gasteiger partial charge in [-0.2, -0.15) is 0 Å². The molecule has 1 N–H and O–H groups in total. The lowest BCUT2D eigenvalue weighted by Gasteiger charge is -2.16. The number of aryl methyl sites for hydroxylation is 1. The van der Waals surface area contributed by atoms with Gasteiger partial charge in [0.15, 0.2) is 0 Å². The predicted molar refractivity (Wildman–Crippen MR) is 67.1 cm³/mol. The van der Waals surface area contributed by atoms with Crippen LogP contribution in [0.1, 0.15) is 18.2 Å². The van der Waals surface area contributed by atoms with Gasteiger partial charge in [-0.05, 0) is 6.92 Å². The predicted octanol–water partition coefficient (Wildman–Crippen LogP) is -0.850. The van der Waals surface area contributed by atoms with E-state index in [0.717, 1.165) is 4.57 Å². The summed E-state index contributed by atoms with van der Waals surface area (Å²) in [7, 11) is 2.94. The average molecular weight is 270 g/mol. The number of nitrogens with zero attached hydrogens (tertiary/aromatic N) is 2. The van der Waals surface area contributed by atoms with Crippen molar-refractivity contribution in [1.82, 2.24) is 9.13 Å². The Labute approximate surface area is 110 Å². The second-order valence-corrected chi connectivity index (χ2v) is 4.75. The largest absolute Gasteiger partial charge is 0.390 e. The Morgan fingerprint density at radius 3 is 2.84 bits per heavy atom. The van der Waals surface area contributed by atoms with Crippen LogP contribution in [-0.2, 0) is 16.5 Å². The van der Waals surface area contributed by atoms with Gasteiger partial charge >= 0.3 is 5.69 Å². The molecule has 0 amide bonds. The summed E-state index contributed by atoms with van der Waals surface area (Å²) < 4.78 is 12.9. The van der Waals surface area contributed by atoms with Gasteiger partial charge in [-0.1, -0.05) is 0 Å². The van der Waals surface area contributed by atoms with E-state index in [9.17, 15) is 14.7 Å². The van der Waals surface area contributed by atoms with Crippen LogP contribution in [0.4, 0.5) is 0 Å². The Balaban J connectivity index is 2.35. The molecule has 7 nitrogen and oxygen atoms in total. The smallest absolute Gasteiger partial charge is 0.332 e. The van der Waals surface area contributed by atoms with Crippen LogP contribution in [0.5, 0.6) is 0 Å². The van der Waals surface area contributed by atoms with Gasteiger partial charge in [0.05, 0.1) is 12.7 Å². The molecule has 0 bridgehead atoms. The number of hydrogen-bond donors (Lipinski definition) is 1. The molecule has 19 heavy (non-hydrogen) atoms. The average Bonchev–Trinajstić information content (AvgIpc) is 2.73. The molecule has 0 radical (unpaired) electrons. The van der Waals surface area contributed by atoms with E-state index in [1.165, 1.54) is 24.9 Å². The van der Waals surface area contributed by atoms with Crippen molar-refractivity contribution in [1.29, 1.82) is 0 Å².